The minimum Gasteiger partial charge on any atom is -0.384 e. The highest BCUT2D eigenvalue weighted by Crippen LogP contribution is 2.02. The van der Waals surface area contributed by atoms with Crippen LogP contribution in [0.15, 0.2) is 0 Å². The summed E-state index contributed by atoms with van der Waals surface area (Å²) in [6, 6.07) is 0. The molecule has 0 aliphatic heterocycles. The molecule has 1 amide bonds. The van der Waals surface area contributed by atoms with Gasteiger partial charge in [0.2, 0.25) is 5.91 Å². The SMILES string of the molecule is COCC(C)CC(=O)NCCCCCCN. The maximum Gasteiger partial charge on any atom is 0.220 e. The van der Waals surface area contributed by atoms with Crippen LogP contribution in [0.5, 0.6) is 0 Å². The van der Waals surface area contributed by atoms with Crippen LogP contribution in [0.1, 0.15) is 39.0 Å². The molecule has 16 heavy (non-hydrogen) atoms. The van der Waals surface area contributed by atoms with Gasteiger partial charge in [-0.25, -0.2) is 0 Å². The van der Waals surface area contributed by atoms with E-state index in [1.54, 1.807) is 7.11 Å². The highest BCUT2D eigenvalue weighted by Gasteiger charge is 2.07. The van der Waals surface area contributed by atoms with Crippen molar-refractivity contribution in [1.29, 1.82) is 0 Å². The molecule has 0 aromatic carbocycles. The second-order valence-electron chi connectivity index (χ2n) is 4.32. The summed E-state index contributed by atoms with van der Waals surface area (Å²) in [7, 11) is 1.66. The number of carbonyl (C=O) groups is 1. The first-order chi connectivity index (χ1) is 7.70. The van der Waals surface area contributed by atoms with Crippen LogP contribution in [0.3, 0.4) is 0 Å². The first-order valence-corrected chi connectivity index (χ1v) is 6.16. The zero-order valence-corrected chi connectivity index (χ0v) is 10.6. The van der Waals surface area contributed by atoms with Crippen LogP contribution < -0.4 is 11.1 Å². The Morgan fingerprint density at radius 1 is 1.31 bits per heavy atom. The number of rotatable bonds is 10. The molecule has 0 bridgehead atoms. The first kappa shape index (κ1) is 15.4. The molecular weight excluding hydrogens is 204 g/mol. The van der Waals surface area contributed by atoms with Crippen LogP contribution in [0, 0.1) is 5.92 Å². The number of unbranched alkanes of at least 4 members (excludes halogenated alkanes) is 3. The summed E-state index contributed by atoms with van der Waals surface area (Å²) in [5, 5.41) is 2.92. The molecule has 0 aromatic rings. The molecule has 0 saturated heterocycles. The van der Waals surface area contributed by atoms with Gasteiger partial charge in [-0.1, -0.05) is 19.8 Å². The molecule has 1 unspecified atom stereocenters. The fourth-order valence-electron chi connectivity index (χ4n) is 1.58. The normalized spacial score (nSPS) is 12.4. The summed E-state index contributed by atoms with van der Waals surface area (Å²) in [6.07, 6.45) is 4.98. The largest absolute Gasteiger partial charge is 0.384 e. The van der Waals surface area contributed by atoms with Gasteiger partial charge < -0.3 is 15.8 Å². The molecule has 0 radical (unpaired) electrons. The Balaban J connectivity index is 3.30. The van der Waals surface area contributed by atoms with E-state index in [0.717, 1.165) is 38.8 Å². The number of ether oxygens (including phenoxy) is 1. The third-order valence-corrected chi connectivity index (χ3v) is 2.44. The Kier molecular flexibility index (Phi) is 10.5. The molecule has 0 aliphatic rings. The Hall–Kier alpha value is -0.610. The second-order valence-corrected chi connectivity index (χ2v) is 4.32. The lowest BCUT2D eigenvalue weighted by Crippen LogP contribution is -2.26. The lowest BCUT2D eigenvalue weighted by Gasteiger charge is -2.10. The van der Waals surface area contributed by atoms with E-state index >= 15 is 0 Å². The molecule has 4 nitrogen and oxygen atoms in total. The highest BCUT2D eigenvalue weighted by molar-refractivity contribution is 5.76. The van der Waals surface area contributed by atoms with E-state index in [-0.39, 0.29) is 5.91 Å². The smallest absolute Gasteiger partial charge is 0.220 e. The van der Waals surface area contributed by atoms with Crippen LogP contribution in [0.2, 0.25) is 0 Å². The average molecular weight is 230 g/mol. The van der Waals surface area contributed by atoms with Crippen LogP contribution in [0.25, 0.3) is 0 Å². The fraction of sp³-hybridized carbons (Fsp3) is 0.917. The molecule has 0 saturated carbocycles. The van der Waals surface area contributed by atoms with Crippen LogP contribution in [0.4, 0.5) is 0 Å². The quantitative estimate of drug-likeness (QED) is 0.556. The lowest BCUT2D eigenvalue weighted by molar-refractivity contribution is -0.122. The maximum absolute atomic E-state index is 11.4. The summed E-state index contributed by atoms with van der Waals surface area (Å²) in [6.45, 7) is 4.21. The minimum atomic E-state index is 0.128. The van der Waals surface area contributed by atoms with Crippen molar-refractivity contribution in [3.8, 4) is 0 Å². The van der Waals surface area contributed by atoms with E-state index in [0.29, 0.717) is 18.9 Å². The molecule has 0 aromatic heterocycles. The van der Waals surface area contributed by atoms with E-state index in [9.17, 15) is 4.79 Å². The number of methoxy groups -OCH3 is 1. The highest BCUT2D eigenvalue weighted by atomic mass is 16.5. The summed E-state index contributed by atoms with van der Waals surface area (Å²) in [4.78, 5) is 11.4. The Bertz CT molecular complexity index is 174. The minimum absolute atomic E-state index is 0.128. The van der Waals surface area contributed by atoms with E-state index in [1.807, 2.05) is 6.92 Å². The summed E-state index contributed by atoms with van der Waals surface area (Å²) < 4.78 is 4.98. The van der Waals surface area contributed by atoms with Crippen molar-refractivity contribution in [2.45, 2.75) is 39.0 Å². The Morgan fingerprint density at radius 3 is 2.62 bits per heavy atom. The predicted octanol–water partition coefficient (Wildman–Crippen LogP) is 1.29. The van der Waals surface area contributed by atoms with Gasteiger partial charge in [-0.15, -0.1) is 0 Å². The molecule has 0 rings (SSSR count). The van der Waals surface area contributed by atoms with Gasteiger partial charge in [0.05, 0.1) is 0 Å². The Labute approximate surface area is 98.9 Å². The van der Waals surface area contributed by atoms with E-state index in [2.05, 4.69) is 5.32 Å². The van der Waals surface area contributed by atoms with Gasteiger partial charge in [-0.05, 0) is 25.3 Å². The topological polar surface area (TPSA) is 64.3 Å². The molecule has 96 valence electrons. The molecule has 3 N–H and O–H groups in total. The van der Waals surface area contributed by atoms with Gasteiger partial charge in [0.25, 0.3) is 0 Å². The van der Waals surface area contributed by atoms with E-state index in [1.165, 1.54) is 0 Å². The van der Waals surface area contributed by atoms with Gasteiger partial charge in [-0.3, -0.25) is 4.79 Å². The molecule has 1 atom stereocenters. The number of hydrogen-bond donors (Lipinski definition) is 2. The van der Waals surface area contributed by atoms with Gasteiger partial charge >= 0.3 is 0 Å². The van der Waals surface area contributed by atoms with Crippen LogP contribution in [-0.2, 0) is 9.53 Å². The van der Waals surface area contributed by atoms with Crippen LogP contribution >= 0.6 is 0 Å². The number of nitrogens with one attached hydrogen (secondary N) is 1. The number of amides is 1. The van der Waals surface area contributed by atoms with Crippen molar-refractivity contribution >= 4 is 5.91 Å². The second kappa shape index (κ2) is 10.9. The monoisotopic (exact) mass is 230 g/mol. The summed E-state index contributed by atoms with van der Waals surface area (Å²) in [5.74, 6) is 0.422. The number of carbonyl (C=O) groups excluding carboxylic acids is 1. The van der Waals surface area contributed by atoms with E-state index < -0.39 is 0 Å². The summed E-state index contributed by atoms with van der Waals surface area (Å²) >= 11 is 0. The molecule has 0 aliphatic carbocycles. The molecule has 4 heteroatoms. The van der Waals surface area contributed by atoms with Crippen molar-refractivity contribution in [3.63, 3.8) is 0 Å². The number of hydrogen-bond acceptors (Lipinski definition) is 3. The number of nitrogens with two attached hydrogens (primary N) is 1. The first-order valence-electron chi connectivity index (χ1n) is 6.16. The van der Waals surface area contributed by atoms with Gasteiger partial charge in [0.15, 0.2) is 0 Å². The fourth-order valence-corrected chi connectivity index (χ4v) is 1.58. The zero-order valence-electron chi connectivity index (χ0n) is 10.6. The molecular formula is C12H26N2O2. The van der Waals surface area contributed by atoms with Crippen molar-refractivity contribution < 1.29 is 9.53 Å². The average Bonchev–Trinajstić information content (AvgIpc) is 2.23. The lowest BCUT2D eigenvalue weighted by atomic mass is 10.1. The summed E-state index contributed by atoms with van der Waals surface area (Å²) in [5.41, 5.74) is 5.39. The standard InChI is InChI=1S/C12H26N2O2/c1-11(10-16-2)9-12(15)14-8-6-4-3-5-7-13/h11H,3-10,13H2,1-2H3,(H,14,15). The van der Waals surface area contributed by atoms with Gasteiger partial charge in [-0.2, -0.15) is 0 Å². The van der Waals surface area contributed by atoms with Crippen molar-refractivity contribution in [3.05, 3.63) is 0 Å². The molecule has 0 heterocycles. The third-order valence-electron chi connectivity index (χ3n) is 2.44. The Morgan fingerprint density at radius 2 is 2.00 bits per heavy atom. The molecule has 0 fully saturated rings. The van der Waals surface area contributed by atoms with Gasteiger partial charge in [0.1, 0.15) is 0 Å². The zero-order chi connectivity index (χ0) is 12.2. The van der Waals surface area contributed by atoms with Crippen molar-refractivity contribution in [1.82, 2.24) is 5.32 Å². The predicted molar refractivity (Wildman–Crippen MR) is 66.2 cm³/mol. The van der Waals surface area contributed by atoms with Crippen molar-refractivity contribution in [2.24, 2.45) is 11.7 Å². The van der Waals surface area contributed by atoms with Crippen LogP contribution in [-0.4, -0.2) is 32.7 Å². The third kappa shape index (κ3) is 9.93. The van der Waals surface area contributed by atoms with Crippen molar-refractivity contribution in [2.75, 3.05) is 26.8 Å². The van der Waals surface area contributed by atoms with Gasteiger partial charge in [0, 0.05) is 26.7 Å². The van der Waals surface area contributed by atoms with E-state index in [4.69, 9.17) is 10.5 Å². The maximum atomic E-state index is 11.4. The molecule has 0 spiro atoms.